The lowest BCUT2D eigenvalue weighted by molar-refractivity contribution is 0.0932. The Morgan fingerprint density at radius 2 is 1.62 bits per heavy atom. The lowest BCUT2D eigenvalue weighted by Gasteiger charge is -2.21. The molecule has 1 amide bonds. The van der Waals surface area contributed by atoms with Crippen molar-refractivity contribution in [1.29, 1.82) is 0 Å². The summed E-state index contributed by atoms with van der Waals surface area (Å²) in [4.78, 5) is 12.8. The highest BCUT2D eigenvalue weighted by Crippen LogP contribution is 2.22. The molecular weight excluding hydrogens is 384 g/mol. The average molecular weight is 415 g/mol. The standard InChI is InChI=1S/C23H30N2O3S/c1-18(2)16-22(20-8-4-3-5-9-20)24-23(26)21-12-10-19(11-13-21)17-29(27,28)25-14-6-7-15-25/h3-5,8-13,18,22H,6-7,14-17H2,1-2H3,(H,24,26). The molecule has 156 valence electrons. The van der Waals surface area contributed by atoms with E-state index in [2.05, 4.69) is 19.2 Å². The van der Waals surface area contributed by atoms with Gasteiger partial charge in [-0.15, -0.1) is 0 Å². The molecule has 0 aliphatic carbocycles. The van der Waals surface area contributed by atoms with E-state index in [0.29, 0.717) is 30.1 Å². The van der Waals surface area contributed by atoms with Crippen LogP contribution in [0.1, 0.15) is 60.6 Å². The van der Waals surface area contributed by atoms with E-state index in [0.717, 1.165) is 24.8 Å². The number of benzene rings is 2. The number of carbonyl (C=O) groups excluding carboxylic acids is 1. The fourth-order valence-electron chi connectivity index (χ4n) is 3.70. The molecule has 6 heteroatoms. The molecule has 2 aromatic carbocycles. The second-order valence-corrected chi connectivity index (χ2v) is 10.1. The van der Waals surface area contributed by atoms with Gasteiger partial charge >= 0.3 is 0 Å². The number of sulfonamides is 1. The molecular formula is C23H30N2O3S. The first-order valence-electron chi connectivity index (χ1n) is 10.3. The summed E-state index contributed by atoms with van der Waals surface area (Å²) >= 11 is 0. The lowest BCUT2D eigenvalue weighted by Crippen LogP contribution is -2.30. The largest absolute Gasteiger partial charge is 0.345 e. The predicted octanol–water partition coefficient (Wildman–Crippen LogP) is 4.13. The van der Waals surface area contributed by atoms with Gasteiger partial charge in [-0.2, -0.15) is 0 Å². The Hall–Kier alpha value is -2.18. The van der Waals surface area contributed by atoms with Crippen LogP contribution in [-0.4, -0.2) is 31.7 Å². The van der Waals surface area contributed by atoms with E-state index in [9.17, 15) is 13.2 Å². The van der Waals surface area contributed by atoms with Crippen molar-refractivity contribution < 1.29 is 13.2 Å². The molecule has 1 heterocycles. The van der Waals surface area contributed by atoms with Crippen LogP contribution in [0.3, 0.4) is 0 Å². The Morgan fingerprint density at radius 3 is 2.21 bits per heavy atom. The number of amides is 1. The maximum Gasteiger partial charge on any atom is 0.251 e. The average Bonchev–Trinajstić information content (AvgIpc) is 3.24. The monoisotopic (exact) mass is 414 g/mol. The van der Waals surface area contributed by atoms with E-state index in [1.807, 2.05) is 30.3 Å². The molecule has 1 aliphatic heterocycles. The van der Waals surface area contributed by atoms with Crippen molar-refractivity contribution in [3.63, 3.8) is 0 Å². The summed E-state index contributed by atoms with van der Waals surface area (Å²) in [5.74, 6) is 0.279. The first-order valence-corrected chi connectivity index (χ1v) is 11.9. The van der Waals surface area contributed by atoms with E-state index in [-0.39, 0.29) is 17.7 Å². The van der Waals surface area contributed by atoms with Gasteiger partial charge in [-0.3, -0.25) is 4.79 Å². The van der Waals surface area contributed by atoms with Gasteiger partial charge in [0.2, 0.25) is 10.0 Å². The van der Waals surface area contributed by atoms with Crippen LogP contribution >= 0.6 is 0 Å². The van der Waals surface area contributed by atoms with Crippen LogP contribution in [0.4, 0.5) is 0 Å². The molecule has 1 atom stereocenters. The van der Waals surface area contributed by atoms with Crippen LogP contribution in [0, 0.1) is 5.92 Å². The molecule has 29 heavy (non-hydrogen) atoms. The van der Waals surface area contributed by atoms with Gasteiger partial charge in [0.1, 0.15) is 0 Å². The Kier molecular flexibility index (Phi) is 7.09. The van der Waals surface area contributed by atoms with Crippen LogP contribution in [0.5, 0.6) is 0 Å². The Morgan fingerprint density at radius 1 is 1.00 bits per heavy atom. The van der Waals surface area contributed by atoms with Crippen LogP contribution in [-0.2, 0) is 15.8 Å². The third-order valence-electron chi connectivity index (χ3n) is 5.24. The first-order chi connectivity index (χ1) is 13.8. The van der Waals surface area contributed by atoms with Gasteiger partial charge in [0.15, 0.2) is 0 Å². The maximum atomic E-state index is 12.8. The third kappa shape index (κ3) is 5.90. The van der Waals surface area contributed by atoms with Crippen LogP contribution in [0.15, 0.2) is 54.6 Å². The summed E-state index contributed by atoms with van der Waals surface area (Å²) in [6.45, 7) is 5.49. The fraction of sp³-hybridized carbons (Fsp3) is 0.435. The number of rotatable bonds is 8. The highest BCUT2D eigenvalue weighted by Gasteiger charge is 2.25. The second kappa shape index (κ2) is 9.55. The molecule has 1 N–H and O–H groups in total. The zero-order valence-electron chi connectivity index (χ0n) is 17.2. The molecule has 0 bridgehead atoms. The van der Waals surface area contributed by atoms with Crippen molar-refractivity contribution in [2.24, 2.45) is 5.92 Å². The van der Waals surface area contributed by atoms with Gasteiger partial charge in [-0.1, -0.05) is 56.3 Å². The van der Waals surface area contributed by atoms with E-state index in [4.69, 9.17) is 0 Å². The minimum atomic E-state index is -3.28. The van der Waals surface area contributed by atoms with Crippen molar-refractivity contribution >= 4 is 15.9 Å². The minimum absolute atomic E-state index is 0.0190. The zero-order chi connectivity index (χ0) is 20.9. The van der Waals surface area contributed by atoms with Gasteiger partial charge in [0.05, 0.1) is 11.8 Å². The lowest BCUT2D eigenvalue weighted by atomic mass is 9.96. The topological polar surface area (TPSA) is 66.5 Å². The minimum Gasteiger partial charge on any atom is -0.345 e. The van der Waals surface area contributed by atoms with Crippen molar-refractivity contribution in [3.05, 3.63) is 71.3 Å². The van der Waals surface area contributed by atoms with Gasteiger partial charge in [-0.05, 0) is 48.4 Å². The molecule has 3 rings (SSSR count). The van der Waals surface area contributed by atoms with Crippen molar-refractivity contribution in [1.82, 2.24) is 9.62 Å². The van der Waals surface area contributed by atoms with E-state index in [1.54, 1.807) is 28.6 Å². The van der Waals surface area contributed by atoms with Crippen molar-refractivity contribution in [3.8, 4) is 0 Å². The van der Waals surface area contributed by atoms with E-state index < -0.39 is 10.0 Å². The van der Waals surface area contributed by atoms with E-state index >= 15 is 0 Å². The van der Waals surface area contributed by atoms with Gasteiger partial charge < -0.3 is 5.32 Å². The van der Waals surface area contributed by atoms with Gasteiger partial charge in [-0.25, -0.2) is 12.7 Å². The number of hydrogen-bond donors (Lipinski definition) is 1. The summed E-state index contributed by atoms with van der Waals surface area (Å²) in [5.41, 5.74) is 2.33. The first kappa shape index (κ1) is 21.5. The highest BCUT2D eigenvalue weighted by atomic mass is 32.2. The summed E-state index contributed by atoms with van der Waals surface area (Å²) < 4.78 is 26.5. The number of nitrogens with zero attached hydrogens (tertiary/aromatic N) is 1. The number of carbonyl (C=O) groups is 1. The van der Waals surface area contributed by atoms with E-state index in [1.165, 1.54) is 0 Å². The summed E-state index contributed by atoms with van der Waals surface area (Å²) in [6, 6.07) is 16.8. The molecule has 1 fully saturated rings. The third-order valence-corrected chi connectivity index (χ3v) is 7.09. The normalized spacial score (nSPS) is 16.1. The Balaban J connectivity index is 1.67. The Labute approximate surface area is 174 Å². The summed E-state index contributed by atoms with van der Waals surface area (Å²) in [6.07, 6.45) is 2.70. The zero-order valence-corrected chi connectivity index (χ0v) is 18.0. The van der Waals surface area contributed by atoms with Crippen molar-refractivity contribution in [2.45, 2.75) is 44.9 Å². The smallest absolute Gasteiger partial charge is 0.251 e. The SMILES string of the molecule is CC(C)CC(NC(=O)c1ccc(CS(=O)(=O)N2CCCC2)cc1)c1ccccc1. The number of hydrogen-bond acceptors (Lipinski definition) is 3. The number of nitrogens with one attached hydrogen (secondary N) is 1. The van der Waals surface area contributed by atoms with Crippen LogP contribution < -0.4 is 5.32 Å². The molecule has 0 radical (unpaired) electrons. The fourth-order valence-corrected chi connectivity index (χ4v) is 5.31. The van der Waals surface area contributed by atoms with Gasteiger partial charge in [0.25, 0.3) is 5.91 Å². The summed E-state index contributed by atoms with van der Waals surface area (Å²) in [5, 5.41) is 3.13. The maximum absolute atomic E-state index is 12.8. The Bertz CT molecular complexity index is 903. The molecule has 0 saturated carbocycles. The molecule has 1 saturated heterocycles. The summed E-state index contributed by atoms with van der Waals surface area (Å²) in [7, 11) is -3.28. The molecule has 0 spiro atoms. The highest BCUT2D eigenvalue weighted by molar-refractivity contribution is 7.88. The molecule has 2 aromatic rings. The quantitative estimate of drug-likeness (QED) is 0.706. The van der Waals surface area contributed by atoms with Gasteiger partial charge in [0, 0.05) is 18.7 Å². The molecule has 5 nitrogen and oxygen atoms in total. The van der Waals surface area contributed by atoms with Crippen molar-refractivity contribution in [2.75, 3.05) is 13.1 Å². The predicted molar refractivity (Wildman–Crippen MR) is 116 cm³/mol. The molecule has 1 unspecified atom stereocenters. The second-order valence-electron chi connectivity index (χ2n) is 8.13. The molecule has 1 aliphatic rings. The van der Waals surface area contributed by atoms with Crippen LogP contribution in [0.2, 0.25) is 0 Å². The molecule has 0 aromatic heterocycles. The van der Waals surface area contributed by atoms with Crippen LogP contribution in [0.25, 0.3) is 0 Å².